The molecule has 0 aromatic rings. The van der Waals surface area contributed by atoms with Gasteiger partial charge in [-0.15, -0.1) is 0 Å². The van der Waals surface area contributed by atoms with Gasteiger partial charge in [-0.1, -0.05) is 0 Å². The van der Waals surface area contributed by atoms with Crippen molar-refractivity contribution in [3.8, 4) is 0 Å². The van der Waals surface area contributed by atoms with E-state index in [1.54, 1.807) is 0 Å². The molecule has 0 aliphatic carbocycles. The molecule has 1 aliphatic heterocycles. The second-order valence-electron chi connectivity index (χ2n) is 13.6. The van der Waals surface area contributed by atoms with E-state index in [1.165, 1.54) is 31.5 Å². The zero-order valence-corrected chi connectivity index (χ0v) is 34.5. The van der Waals surface area contributed by atoms with Crippen molar-refractivity contribution >= 4 is 65.2 Å². The number of hydrogen-bond donors (Lipinski definition) is 10. The summed E-state index contributed by atoms with van der Waals surface area (Å²) < 4.78 is 0. The molecule has 1 aliphatic rings. The summed E-state index contributed by atoms with van der Waals surface area (Å²) in [5, 5.41) is 0. The maximum atomic E-state index is 14.1. The quantitative estimate of drug-likeness (QED) is 0.0309. The lowest BCUT2D eigenvalue weighted by atomic mass is 10.2. The van der Waals surface area contributed by atoms with Crippen LogP contribution in [0, 0.1) is 0 Å². The summed E-state index contributed by atoms with van der Waals surface area (Å²) in [7, 11) is 1.37. The second-order valence-corrected chi connectivity index (χ2v) is 13.6. The Labute approximate surface area is 349 Å². The van der Waals surface area contributed by atoms with Crippen molar-refractivity contribution in [2.75, 3.05) is 112 Å². The SMILES string of the molecule is CN1CC(=O)N(CCCN=C(N)N)CC(=O)N(CCCN=C(N)N)CC(=O)N(CCCN=C(N)N)CC(=O)N(CCCN=C(N)N)CC(=O)N(CCCN=C(N)N)CC1=O. The number of nitrogens with two attached hydrogens (primary N) is 10. The Hall–Kier alpha value is -6.83. The average Bonchev–Trinajstić information content (AvgIpc) is 3.16. The fourth-order valence-electron chi connectivity index (χ4n) is 5.54. The summed E-state index contributed by atoms with van der Waals surface area (Å²) in [6.07, 6.45) is 1.15. The van der Waals surface area contributed by atoms with Crippen LogP contribution in [-0.4, -0.2) is 206 Å². The minimum Gasteiger partial charge on any atom is -0.370 e. The van der Waals surface area contributed by atoms with Crippen LogP contribution in [-0.2, 0) is 28.8 Å². The predicted molar refractivity (Wildman–Crippen MR) is 227 cm³/mol. The van der Waals surface area contributed by atoms with Crippen molar-refractivity contribution in [2.24, 2.45) is 82.3 Å². The highest BCUT2D eigenvalue weighted by Crippen LogP contribution is 2.08. The van der Waals surface area contributed by atoms with Crippen LogP contribution in [0.2, 0.25) is 0 Å². The summed E-state index contributed by atoms with van der Waals surface area (Å²) >= 11 is 0. The van der Waals surface area contributed by atoms with Crippen LogP contribution in [0.5, 0.6) is 0 Å². The molecule has 0 saturated carbocycles. The van der Waals surface area contributed by atoms with Crippen molar-refractivity contribution in [1.29, 1.82) is 0 Å². The van der Waals surface area contributed by atoms with Gasteiger partial charge in [0.1, 0.15) is 0 Å². The van der Waals surface area contributed by atoms with Crippen molar-refractivity contribution in [2.45, 2.75) is 32.1 Å². The minimum atomic E-state index is -0.631. The first-order valence-electron chi connectivity index (χ1n) is 19.2. The molecule has 0 radical (unpaired) electrons. The van der Waals surface area contributed by atoms with Crippen molar-refractivity contribution in [3.05, 3.63) is 0 Å². The molecule has 338 valence electrons. The predicted octanol–water partition coefficient (Wildman–Crippen LogP) is -8.08. The van der Waals surface area contributed by atoms with Gasteiger partial charge >= 0.3 is 0 Å². The van der Waals surface area contributed by atoms with E-state index in [-0.39, 0.29) is 127 Å². The normalized spacial score (nSPS) is 15.3. The van der Waals surface area contributed by atoms with Gasteiger partial charge in [0.15, 0.2) is 29.8 Å². The van der Waals surface area contributed by atoms with Crippen LogP contribution >= 0.6 is 0 Å². The lowest BCUT2D eigenvalue weighted by Crippen LogP contribution is -2.53. The number of guanidine groups is 5. The number of aliphatic imine (C=N–C) groups is 5. The summed E-state index contributed by atoms with van der Waals surface area (Å²) in [5.74, 6) is -4.57. The Morgan fingerprint density at radius 3 is 0.733 bits per heavy atom. The van der Waals surface area contributed by atoms with Gasteiger partial charge in [0, 0.05) is 72.5 Å². The first kappa shape index (κ1) is 51.2. The van der Waals surface area contributed by atoms with Crippen molar-refractivity contribution < 1.29 is 28.8 Å². The molecule has 1 heterocycles. The van der Waals surface area contributed by atoms with E-state index in [2.05, 4.69) is 25.0 Å². The van der Waals surface area contributed by atoms with Crippen LogP contribution in [0.3, 0.4) is 0 Å². The lowest BCUT2D eigenvalue weighted by molar-refractivity contribution is -0.149. The van der Waals surface area contributed by atoms with Crippen molar-refractivity contribution in [3.63, 3.8) is 0 Å². The summed E-state index contributed by atoms with van der Waals surface area (Å²) in [5.41, 5.74) is 54.7. The molecule has 1 rings (SSSR count). The second kappa shape index (κ2) is 27.7. The number of rotatable bonds is 20. The third-order valence-electron chi connectivity index (χ3n) is 8.59. The molecule has 6 amide bonds. The molecular weight excluding hydrogens is 787 g/mol. The Bertz CT molecular complexity index is 1540. The Morgan fingerprint density at radius 2 is 0.533 bits per heavy atom. The molecule has 60 heavy (non-hydrogen) atoms. The molecular formula is C33H65N21O6. The third kappa shape index (κ3) is 22.2. The van der Waals surface area contributed by atoms with Gasteiger partial charge in [-0.25, -0.2) is 0 Å². The smallest absolute Gasteiger partial charge is 0.242 e. The fraction of sp³-hybridized carbons (Fsp3) is 0.667. The Balaban J connectivity index is 3.80. The Morgan fingerprint density at radius 1 is 0.350 bits per heavy atom. The summed E-state index contributed by atoms with van der Waals surface area (Å²) in [6, 6.07) is 0. The number of carbonyl (C=O) groups excluding carboxylic acids is 6. The first-order valence-corrected chi connectivity index (χ1v) is 19.2. The minimum absolute atomic E-state index is 0.000981. The highest BCUT2D eigenvalue weighted by molar-refractivity contribution is 5.93. The van der Waals surface area contributed by atoms with Gasteiger partial charge in [-0.05, 0) is 32.1 Å². The molecule has 0 aromatic heterocycles. The molecule has 20 N–H and O–H groups in total. The molecule has 1 fully saturated rings. The van der Waals surface area contributed by atoms with Gasteiger partial charge in [0.2, 0.25) is 35.4 Å². The van der Waals surface area contributed by atoms with Gasteiger partial charge in [-0.2, -0.15) is 0 Å². The number of hydrogen-bond acceptors (Lipinski definition) is 11. The largest absolute Gasteiger partial charge is 0.370 e. The average molecular weight is 852 g/mol. The molecule has 0 bridgehead atoms. The zero-order chi connectivity index (χ0) is 45.2. The van der Waals surface area contributed by atoms with E-state index in [4.69, 9.17) is 57.3 Å². The molecule has 0 aromatic carbocycles. The summed E-state index contributed by atoms with van der Waals surface area (Å²) in [4.78, 5) is 111. The highest BCUT2D eigenvalue weighted by atomic mass is 16.2. The first-order chi connectivity index (χ1) is 28.3. The molecule has 27 nitrogen and oxygen atoms in total. The summed E-state index contributed by atoms with van der Waals surface area (Å²) in [6.45, 7) is -2.48. The zero-order valence-electron chi connectivity index (χ0n) is 34.5. The van der Waals surface area contributed by atoms with Gasteiger partial charge in [0.05, 0.1) is 39.3 Å². The molecule has 0 unspecified atom stereocenters. The fourth-order valence-corrected chi connectivity index (χ4v) is 5.54. The van der Waals surface area contributed by atoms with Crippen molar-refractivity contribution in [1.82, 2.24) is 29.4 Å². The highest BCUT2D eigenvalue weighted by Gasteiger charge is 2.30. The molecule has 27 heteroatoms. The van der Waals surface area contributed by atoms with E-state index in [0.717, 1.165) is 4.90 Å². The van der Waals surface area contributed by atoms with E-state index < -0.39 is 74.7 Å². The van der Waals surface area contributed by atoms with Crippen LogP contribution in [0.1, 0.15) is 32.1 Å². The van der Waals surface area contributed by atoms with Crippen LogP contribution in [0.25, 0.3) is 0 Å². The van der Waals surface area contributed by atoms with Gasteiger partial charge in [0.25, 0.3) is 0 Å². The van der Waals surface area contributed by atoms with Crippen LogP contribution in [0.4, 0.5) is 0 Å². The maximum Gasteiger partial charge on any atom is 0.242 e. The number of carbonyl (C=O) groups is 6. The van der Waals surface area contributed by atoms with Crippen LogP contribution in [0.15, 0.2) is 25.0 Å². The molecule has 0 atom stereocenters. The van der Waals surface area contributed by atoms with E-state index >= 15 is 0 Å². The number of amides is 6. The standard InChI is InChI=1S/C33H65N21O6/c1-49-17-24(56)51(13-3-8-45-30(36)37)19-26(58)53(15-5-10-47-32(40)41)21-28(60)54(16-6-11-48-33(42)43)22-27(59)52(14-4-9-46-31(38)39)20-25(57)50(18-23(49)55)12-2-7-44-29(34)35/h2-22H2,1H3,(H4,34,35,44)(H4,36,37,45)(H4,38,39,46)(H4,40,41,47)(H4,42,43,48). The van der Waals surface area contributed by atoms with E-state index in [9.17, 15) is 28.8 Å². The third-order valence-corrected chi connectivity index (χ3v) is 8.59. The van der Waals surface area contributed by atoms with Gasteiger partial charge < -0.3 is 86.7 Å². The lowest BCUT2D eigenvalue weighted by Gasteiger charge is -2.33. The van der Waals surface area contributed by atoms with Crippen LogP contribution < -0.4 is 57.3 Å². The van der Waals surface area contributed by atoms with E-state index in [0.29, 0.717) is 0 Å². The topological polar surface area (TPSA) is 444 Å². The molecule has 0 spiro atoms. The van der Waals surface area contributed by atoms with E-state index in [1.807, 2.05) is 0 Å². The Kier molecular flexibility index (Phi) is 23.7. The number of likely N-dealkylation sites (N-methyl/N-ethyl adjacent to an activating group) is 1. The van der Waals surface area contributed by atoms with Gasteiger partial charge in [-0.3, -0.25) is 53.7 Å². The molecule has 1 saturated heterocycles. The maximum absolute atomic E-state index is 14.1. The number of nitrogens with zero attached hydrogens (tertiary/aromatic N) is 11. The monoisotopic (exact) mass is 852 g/mol.